The van der Waals surface area contributed by atoms with Gasteiger partial charge in [0.25, 0.3) is 0 Å². The Hall–Kier alpha value is -1.48. The maximum atomic E-state index is 11.2. The summed E-state index contributed by atoms with van der Waals surface area (Å²) < 4.78 is 0. The topological polar surface area (TPSA) is 54.4 Å². The summed E-state index contributed by atoms with van der Waals surface area (Å²) in [5.41, 5.74) is -0.581. The Bertz CT molecular complexity index is 405. The second-order valence-corrected chi connectivity index (χ2v) is 3.77. The van der Waals surface area contributed by atoms with Crippen LogP contribution in [0.5, 0.6) is 0 Å². The summed E-state index contributed by atoms with van der Waals surface area (Å²) in [5, 5.41) is 9.91. The summed E-state index contributed by atoms with van der Waals surface area (Å²) in [6, 6.07) is 6.49. The first kappa shape index (κ1) is 11.6. The van der Waals surface area contributed by atoms with Crippen molar-refractivity contribution >= 4 is 11.6 Å². The van der Waals surface area contributed by atoms with Crippen molar-refractivity contribution in [3.05, 3.63) is 35.4 Å². The summed E-state index contributed by atoms with van der Waals surface area (Å²) in [6.07, 6.45) is 0. The van der Waals surface area contributed by atoms with Crippen molar-refractivity contribution in [2.45, 2.75) is 26.4 Å². The lowest BCUT2D eigenvalue weighted by Crippen LogP contribution is -2.30. The molecule has 0 aromatic heterocycles. The molecule has 1 aromatic carbocycles. The molecule has 0 aliphatic carbocycles. The number of rotatable bonds is 3. The van der Waals surface area contributed by atoms with Gasteiger partial charge in [0.15, 0.2) is 11.6 Å². The third kappa shape index (κ3) is 2.30. The summed E-state index contributed by atoms with van der Waals surface area (Å²) >= 11 is 0. The number of aliphatic hydroxyl groups is 1. The monoisotopic (exact) mass is 206 g/mol. The van der Waals surface area contributed by atoms with E-state index >= 15 is 0 Å². The van der Waals surface area contributed by atoms with Crippen molar-refractivity contribution in [3.63, 3.8) is 0 Å². The molecule has 1 unspecified atom stereocenters. The highest BCUT2D eigenvalue weighted by molar-refractivity contribution is 5.95. The molecule has 0 heterocycles. The van der Waals surface area contributed by atoms with E-state index in [1.165, 1.54) is 20.8 Å². The second kappa shape index (κ2) is 3.95. The first-order valence-electron chi connectivity index (χ1n) is 4.70. The van der Waals surface area contributed by atoms with Gasteiger partial charge in [-0.3, -0.25) is 9.59 Å². The highest BCUT2D eigenvalue weighted by atomic mass is 16.3. The first-order chi connectivity index (χ1) is 6.85. The van der Waals surface area contributed by atoms with Crippen molar-refractivity contribution < 1.29 is 14.7 Å². The van der Waals surface area contributed by atoms with Crippen molar-refractivity contribution in [2.75, 3.05) is 0 Å². The molecule has 80 valence electrons. The van der Waals surface area contributed by atoms with Crippen LogP contribution in [0.4, 0.5) is 0 Å². The predicted molar refractivity (Wildman–Crippen MR) is 56.7 cm³/mol. The highest BCUT2D eigenvalue weighted by Gasteiger charge is 2.28. The van der Waals surface area contributed by atoms with E-state index in [9.17, 15) is 14.7 Å². The molecule has 0 bridgehead atoms. The molecule has 0 amide bonds. The summed E-state index contributed by atoms with van der Waals surface area (Å²) in [5.74, 6) is -0.431. The molecule has 0 aliphatic rings. The fourth-order valence-corrected chi connectivity index (χ4v) is 1.24. The molecular weight excluding hydrogens is 192 g/mol. The van der Waals surface area contributed by atoms with Crippen LogP contribution < -0.4 is 0 Å². The second-order valence-electron chi connectivity index (χ2n) is 3.77. The van der Waals surface area contributed by atoms with Crippen LogP contribution in [0.15, 0.2) is 24.3 Å². The van der Waals surface area contributed by atoms with Crippen LogP contribution in [-0.4, -0.2) is 16.7 Å². The van der Waals surface area contributed by atoms with Gasteiger partial charge in [0.05, 0.1) is 0 Å². The minimum atomic E-state index is -1.52. The van der Waals surface area contributed by atoms with Gasteiger partial charge in [0.1, 0.15) is 5.60 Å². The molecule has 0 radical (unpaired) electrons. The van der Waals surface area contributed by atoms with E-state index in [4.69, 9.17) is 0 Å². The molecular formula is C12H14O3. The Balaban J connectivity index is 3.21. The maximum absolute atomic E-state index is 11.2. The van der Waals surface area contributed by atoms with Crippen molar-refractivity contribution in [1.82, 2.24) is 0 Å². The molecule has 0 saturated carbocycles. The molecule has 15 heavy (non-hydrogen) atoms. The van der Waals surface area contributed by atoms with Crippen LogP contribution in [-0.2, 0) is 10.4 Å². The molecule has 1 atom stereocenters. The molecule has 3 nitrogen and oxygen atoms in total. The number of Topliss-reactive ketones (excluding diaryl/α,β-unsaturated/α-hetero) is 2. The van der Waals surface area contributed by atoms with Crippen LogP contribution in [0.25, 0.3) is 0 Å². The Morgan fingerprint density at radius 1 is 1.27 bits per heavy atom. The van der Waals surface area contributed by atoms with E-state index in [2.05, 4.69) is 0 Å². The lowest BCUT2D eigenvalue weighted by molar-refractivity contribution is -0.134. The SMILES string of the molecule is CC(=O)c1cccc(C(C)(O)C(C)=O)c1. The quantitative estimate of drug-likeness (QED) is 0.765. The van der Waals surface area contributed by atoms with Gasteiger partial charge in [-0.05, 0) is 32.4 Å². The zero-order valence-corrected chi connectivity index (χ0v) is 9.07. The van der Waals surface area contributed by atoms with Gasteiger partial charge < -0.3 is 5.11 Å². The van der Waals surface area contributed by atoms with Crippen LogP contribution in [0.1, 0.15) is 36.7 Å². The number of benzene rings is 1. The third-order valence-corrected chi connectivity index (χ3v) is 2.52. The number of carbonyl (C=O) groups is 2. The minimum absolute atomic E-state index is 0.0868. The zero-order valence-electron chi connectivity index (χ0n) is 9.07. The molecule has 1 rings (SSSR count). The van der Waals surface area contributed by atoms with Crippen molar-refractivity contribution in [2.24, 2.45) is 0 Å². The normalized spacial score (nSPS) is 14.4. The van der Waals surface area contributed by atoms with Crippen LogP contribution in [0.2, 0.25) is 0 Å². The lowest BCUT2D eigenvalue weighted by Gasteiger charge is -2.20. The van der Waals surface area contributed by atoms with E-state index in [0.29, 0.717) is 11.1 Å². The van der Waals surface area contributed by atoms with Gasteiger partial charge >= 0.3 is 0 Å². The van der Waals surface area contributed by atoms with Crippen LogP contribution in [0.3, 0.4) is 0 Å². The molecule has 0 fully saturated rings. The van der Waals surface area contributed by atoms with E-state index < -0.39 is 5.60 Å². The number of ketones is 2. The smallest absolute Gasteiger partial charge is 0.165 e. The Kier molecular flexibility index (Phi) is 3.05. The highest BCUT2D eigenvalue weighted by Crippen LogP contribution is 2.22. The van der Waals surface area contributed by atoms with E-state index in [-0.39, 0.29) is 11.6 Å². The van der Waals surface area contributed by atoms with Gasteiger partial charge in [0.2, 0.25) is 0 Å². The molecule has 1 N–H and O–H groups in total. The number of carbonyl (C=O) groups excluding carboxylic acids is 2. The lowest BCUT2D eigenvalue weighted by atomic mass is 9.90. The van der Waals surface area contributed by atoms with Gasteiger partial charge in [-0.25, -0.2) is 0 Å². The van der Waals surface area contributed by atoms with E-state index in [0.717, 1.165) is 0 Å². The van der Waals surface area contributed by atoms with Gasteiger partial charge in [-0.1, -0.05) is 18.2 Å². The van der Waals surface area contributed by atoms with Gasteiger partial charge in [-0.15, -0.1) is 0 Å². The van der Waals surface area contributed by atoms with Crippen molar-refractivity contribution in [3.8, 4) is 0 Å². The number of hydrogen-bond donors (Lipinski definition) is 1. The largest absolute Gasteiger partial charge is 0.378 e. The Labute approximate surface area is 88.7 Å². The predicted octanol–water partition coefficient (Wildman–Crippen LogP) is 1.69. The molecule has 0 saturated heterocycles. The van der Waals surface area contributed by atoms with Crippen LogP contribution >= 0.6 is 0 Å². The molecule has 1 aromatic rings. The van der Waals surface area contributed by atoms with Crippen LogP contribution in [0, 0.1) is 0 Å². The fraction of sp³-hybridized carbons (Fsp3) is 0.333. The minimum Gasteiger partial charge on any atom is -0.378 e. The number of hydrogen-bond acceptors (Lipinski definition) is 3. The molecule has 3 heteroatoms. The third-order valence-electron chi connectivity index (χ3n) is 2.52. The Morgan fingerprint density at radius 2 is 1.87 bits per heavy atom. The van der Waals surface area contributed by atoms with E-state index in [1.807, 2.05) is 0 Å². The summed E-state index contributed by atoms with van der Waals surface area (Å²) in [7, 11) is 0. The molecule has 0 aliphatic heterocycles. The summed E-state index contributed by atoms with van der Waals surface area (Å²) in [4.78, 5) is 22.3. The van der Waals surface area contributed by atoms with Crippen molar-refractivity contribution in [1.29, 1.82) is 0 Å². The average Bonchev–Trinajstić information content (AvgIpc) is 2.17. The average molecular weight is 206 g/mol. The van der Waals surface area contributed by atoms with E-state index in [1.54, 1.807) is 24.3 Å². The molecule has 0 spiro atoms. The zero-order chi connectivity index (χ0) is 11.6. The fourth-order valence-electron chi connectivity index (χ4n) is 1.24. The Morgan fingerprint density at radius 3 is 2.33 bits per heavy atom. The standard InChI is InChI=1S/C12H14O3/c1-8(13)10-5-4-6-11(7-10)12(3,15)9(2)14/h4-7,15H,1-3H3. The van der Waals surface area contributed by atoms with Gasteiger partial charge in [-0.2, -0.15) is 0 Å². The maximum Gasteiger partial charge on any atom is 0.165 e. The van der Waals surface area contributed by atoms with Gasteiger partial charge in [0, 0.05) is 5.56 Å². The summed E-state index contributed by atoms with van der Waals surface area (Å²) in [6.45, 7) is 4.19. The first-order valence-corrected chi connectivity index (χ1v) is 4.70.